The highest BCUT2D eigenvalue weighted by molar-refractivity contribution is 6.43. The van der Waals surface area contributed by atoms with Gasteiger partial charge in [0.05, 0.1) is 11.9 Å². The molecule has 5 heteroatoms. The first-order valence-corrected chi connectivity index (χ1v) is 3.03. The number of urea groups is 1. The average molecular weight is 148 g/mol. The van der Waals surface area contributed by atoms with E-state index in [0.717, 1.165) is 0 Å². The third-order valence-electron chi connectivity index (χ3n) is 1.29. The molecule has 1 aliphatic rings. The number of aromatic nitrogens is 2. The van der Waals surface area contributed by atoms with Crippen LogP contribution in [0.25, 0.3) is 0 Å². The van der Waals surface area contributed by atoms with Gasteiger partial charge in [0, 0.05) is 6.20 Å². The molecular formula is C6H4N4O. The molecule has 0 aliphatic carbocycles. The van der Waals surface area contributed by atoms with Crippen molar-refractivity contribution in [1.29, 1.82) is 0 Å². The van der Waals surface area contributed by atoms with Crippen LogP contribution in [0.1, 0.15) is 5.69 Å². The van der Waals surface area contributed by atoms with Gasteiger partial charge in [-0.3, -0.25) is 5.10 Å². The third-order valence-corrected chi connectivity index (χ3v) is 1.29. The van der Waals surface area contributed by atoms with E-state index >= 15 is 0 Å². The van der Waals surface area contributed by atoms with Gasteiger partial charge in [0.1, 0.15) is 5.71 Å². The van der Waals surface area contributed by atoms with Crippen LogP contribution in [-0.4, -0.2) is 28.2 Å². The minimum Gasteiger partial charge on any atom is -0.276 e. The normalized spacial score (nSPS) is 15.6. The standard InChI is InChI=1S/C6H4N4O/c11-6-7-3-5(9-6)4-1-2-8-10-4/h1-3H,(H,8,10). The molecule has 0 saturated carbocycles. The molecule has 5 nitrogen and oxygen atoms in total. The first kappa shape index (κ1) is 5.96. The smallest absolute Gasteiger partial charge is 0.276 e. The second-order valence-corrected chi connectivity index (χ2v) is 2.01. The summed E-state index contributed by atoms with van der Waals surface area (Å²) in [6.07, 6.45) is 3.00. The van der Waals surface area contributed by atoms with E-state index in [9.17, 15) is 4.79 Å². The molecule has 1 aromatic heterocycles. The summed E-state index contributed by atoms with van der Waals surface area (Å²) in [6.45, 7) is 0. The molecule has 2 amide bonds. The van der Waals surface area contributed by atoms with E-state index in [0.29, 0.717) is 11.4 Å². The lowest BCUT2D eigenvalue weighted by atomic mass is 10.3. The van der Waals surface area contributed by atoms with Crippen LogP contribution in [0.4, 0.5) is 4.79 Å². The van der Waals surface area contributed by atoms with Crippen LogP contribution >= 0.6 is 0 Å². The Morgan fingerprint density at radius 1 is 1.45 bits per heavy atom. The lowest BCUT2D eigenvalue weighted by Crippen LogP contribution is -1.99. The molecule has 0 unspecified atom stereocenters. The number of carbonyl (C=O) groups excluding carboxylic acids is 1. The number of nitrogens with one attached hydrogen (secondary N) is 1. The molecule has 0 fully saturated rings. The molecule has 2 rings (SSSR count). The molecule has 0 radical (unpaired) electrons. The van der Waals surface area contributed by atoms with Gasteiger partial charge in [-0.25, -0.2) is 4.79 Å². The van der Waals surface area contributed by atoms with Gasteiger partial charge in [0.25, 0.3) is 0 Å². The van der Waals surface area contributed by atoms with Crippen molar-refractivity contribution in [1.82, 2.24) is 10.2 Å². The number of hydrogen-bond donors (Lipinski definition) is 1. The molecule has 1 N–H and O–H groups in total. The van der Waals surface area contributed by atoms with Crippen LogP contribution in [0.2, 0.25) is 0 Å². The van der Waals surface area contributed by atoms with Crippen molar-refractivity contribution in [2.45, 2.75) is 0 Å². The number of hydrogen-bond acceptors (Lipinski definition) is 2. The maximum absolute atomic E-state index is 10.5. The van der Waals surface area contributed by atoms with E-state index in [1.54, 1.807) is 12.3 Å². The van der Waals surface area contributed by atoms with Crippen LogP contribution in [0.5, 0.6) is 0 Å². The Labute approximate surface area is 61.9 Å². The van der Waals surface area contributed by atoms with Crippen LogP contribution in [0.15, 0.2) is 22.2 Å². The summed E-state index contributed by atoms with van der Waals surface area (Å²) in [5.74, 6) is 0. The van der Waals surface area contributed by atoms with E-state index < -0.39 is 6.03 Å². The zero-order valence-electron chi connectivity index (χ0n) is 5.48. The van der Waals surface area contributed by atoms with Crippen molar-refractivity contribution >= 4 is 18.0 Å². The minimum absolute atomic E-state index is 0.463. The second-order valence-electron chi connectivity index (χ2n) is 2.01. The van der Waals surface area contributed by atoms with Crippen LogP contribution < -0.4 is 0 Å². The predicted molar refractivity (Wildman–Crippen MR) is 39.0 cm³/mol. The number of nitrogens with zero attached hydrogens (tertiary/aromatic N) is 3. The van der Waals surface area contributed by atoms with Crippen LogP contribution in [-0.2, 0) is 0 Å². The molecular weight excluding hydrogens is 144 g/mol. The number of rotatable bonds is 1. The minimum atomic E-state index is -0.463. The lowest BCUT2D eigenvalue weighted by molar-refractivity contribution is 0.257. The van der Waals surface area contributed by atoms with Gasteiger partial charge in [-0.15, -0.1) is 0 Å². The van der Waals surface area contributed by atoms with Crippen LogP contribution in [0.3, 0.4) is 0 Å². The van der Waals surface area contributed by atoms with Gasteiger partial charge < -0.3 is 0 Å². The number of aliphatic imine (C=N–C) groups is 2. The molecule has 0 spiro atoms. The molecule has 2 heterocycles. The van der Waals surface area contributed by atoms with E-state index in [1.807, 2.05) is 0 Å². The second kappa shape index (κ2) is 2.12. The highest BCUT2D eigenvalue weighted by Crippen LogP contribution is 2.00. The van der Waals surface area contributed by atoms with E-state index in [4.69, 9.17) is 0 Å². The quantitative estimate of drug-likeness (QED) is 0.626. The molecule has 11 heavy (non-hydrogen) atoms. The lowest BCUT2D eigenvalue weighted by Gasteiger charge is -1.85. The Kier molecular flexibility index (Phi) is 1.15. The Balaban J connectivity index is 2.40. The first-order valence-electron chi connectivity index (χ1n) is 3.03. The van der Waals surface area contributed by atoms with Crippen molar-refractivity contribution in [3.63, 3.8) is 0 Å². The number of H-pyrrole nitrogens is 1. The number of amides is 2. The summed E-state index contributed by atoms with van der Waals surface area (Å²) in [6, 6.07) is 1.26. The van der Waals surface area contributed by atoms with Gasteiger partial charge in [-0.1, -0.05) is 0 Å². The van der Waals surface area contributed by atoms with E-state index in [-0.39, 0.29) is 0 Å². The molecule has 0 saturated heterocycles. The Morgan fingerprint density at radius 2 is 2.36 bits per heavy atom. The predicted octanol–water partition coefficient (Wildman–Crippen LogP) is 0.403. The fourth-order valence-corrected chi connectivity index (χ4v) is 0.805. The molecule has 1 aromatic rings. The van der Waals surface area contributed by atoms with Crippen molar-refractivity contribution in [2.24, 2.45) is 9.98 Å². The highest BCUT2D eigenvalue weighted by atomic mass is 16.2. The highest BCUT2D eigenvalue weighted by Gasteiger charge is 2.10. The van der Waals surface area contributed by atoms with Gasteiger partial charge >= 0.3 is 6.03 Å². The molecule has 0 aromatic carbocycles. The fraction of sp³-hybridized carbons (Fsp3) is 0. The van der Waals surface area contributed by atoms with Gasteiger partial charge in [0.2, 0.25) is 0 Å². The van der Waals surface area contributed by atoms with Gasteiger partial charge in [-0.2, -0.15) is 15.1 Å². The SMILES string of the molecule is O=C1N=CC(c2ccn[nH]2)=N1. The zero-order chi connectivity index (χ0) is 7.68. The summed E-state index contributed by atoms with van der Waals surface area (Å²) >= 11 is 0. The van der Waals surface area contributed by atoms with E-state index in [2.05, 4.69) is 20.2 Å². The van der Waals surface area contributed by atoms with Crippen LogP contribution in [0, 0.1) is 0 Å². The van der Waals surface area contributed by atoms with Gasteiger partial charge in [0.15, 0.2) is 0 Å². The third kappa shape index (κ3) is 0.958. The molecule has 54 valence electrons. The molecule has 1 aliphatic heterocycles. The maximum atomic E-state index is 10.5. The van der Waals surface area contributed by atoms with Crippen molar-refractivity contribution < 1.29 is 4.79 Å². The average Bonchev–Trinajstić information content (AvgIpc) is 2.55. The number of aromatic amines is 1. The first-order chi connectivity index (χ1) is 5.36. The Hall–Kier alpha value is -1.78. The summed E-state index contributed by atoms with van der Waals surface area (Å²) < 4.78 is 0. The summed E-state index contributed by atoms with van der Waals surface area (Å²) in [5, 5.41) is 6.39. The maximum Gasteiger partial charge on any atom is 0.367 e. The Bertz CT molecular complexity index is 335. The monoisotopic (exact) mass is 148 g/mol. The molecule has 0 atom stereocenters. The van der Waals surface area contributed by atoms with E-state index in [1.165, 1.54) is 6.21 Å². The largest absolute Gasteiger partial charge is 0.367 e. The van der Waals surface area contributed by atoms with Crippen molar-refractivity contribution in [3.8, 4) is 0 Å². The summed E-state index contributed by atoms with van der Waals surface area (Å²) in [7, 11) is 0. The summed E-state index contributed by atoms with van der Waals surface area (Å²) in [4.78, 5) is 17.6. The number of carbonyl (C=O) groups is 1. The van der Waals surface area contributed by atoms with Gasteiger partial charge in [-0.05, 0) is 6.07 Å². The summed E-state index contributed by atoms with van der Waals surface area (Å²) in [5.41, 5.74) is 1.24. The zero-order valence-corrected chi connectivity index (χ0v) is 5.48. The topological polar surface area (TPSA) is 70.5 Å². The molecule has 0 bridgehead atoms. The van der Waals surface area contributed by atoms with Crippen molar-refractivity contribution in [3.05, 3.63) is 18.0 Å². The fourth-order valence-electron chi connectivity index (χ4n) is 0.805. The van der Waals surface area contributed by atoms with Crippen molar-refractivity contribution in [2.75, 3.05) is 0 Å². The Morgan fingerprint density at radius 3 is 2.91 bits per heavy atom.